The summed E-state index contributed by atoms with van der Waals surface area (Å²) in [6.45, 7) is 3.49. The maximum absolute atomic E-state index is 13.2. The number of ether oxygens (including phenoxy) is 1. The first-order valence-corrected chi connectivity index (χ1v) is 11.4. The Balaban J connectivity index is 1.63. The zero-order valence-electron chi connectivity index (χ0n) is 19.2. The van der Waals surface area contributed by atoms with Crippen molar-refractivity contribution in [1.82, 2.24) is 4.90 Å². The molecular weight excluding hydrogens is 432 g/mol. The zero-order valence-corrected chi connectivity index (χ0v) is 19.2. The molecule has 0 spiro atoms. The van der Waals surface area contributed by atoms with Gasteiger partial charge >= 0.3 is 0 Å². The van der Waals surface area contributed by atoms with Crippen LogP contribution in [0.4, 0.5) is 5.69 Å². The molecule has 174 valence electrons. The highest BCUT2D eigenvalue weighted by atomic mass is 16.5. The summed E-state index contributed by atoms with van der Waals surface area (Å²) >= 11 is 0. The number of ketones is 1. The number of likely N-dealkylation sites (N-methyl/N-ethyl adjacent to an activating group) is 1. The van der Waals surface area contributed by atoms with E-state index in [9.17, 15) is 14.7 Å². The molecule has 0 radical (unpaired) electrons. The number of Topliss-reactive ketones (excluding diaryl/α,β-unsaturated/α-hetero) is 1. The molecule has 1 atom stereocenters. The lowest BCUT2D eigenvalue weighted by Crippen LogP contribution is -2.29. The van der Waals surface area contributed by atoms with Gasteiger partial charge in [-0.05, 0) is 47.9 Å². The molecule has 1 aromatic heterocycles. The number of aliphatic hydroxyl groups excluding tert-OH is 1. The molecule has 1 unspecified atom stereocenters. The highest BCUT2D eigenvalue weighted by Gasteiger charge is 2.46. The summed E-state index contributed by atoms with van der Waals surface area (Å²) in [5.74, 6) is -0.302. The molecule has 0 saturated carbocycles. The highest BCUT2D eigenvalue weighted by molar-refractivity contribution is 6.46. The van der Waals surface area contributed by atoms with E-state index in [0.29, 0.717) is 24.5 Å². The first-order valence-electron chi connectivity index (χ1n) is 11.4. The number of amides is 1. The fourth-order valence-corrected chi connectivity index (χ4v) is 4.55. The van der Waals surface area contributed by atoms with E-state index in [-0.39, 0.29) is 17.9 Å². The van der Waals surface area contributed by atoms with E-state index in [0.717, 1.165) is 29.0 Å². The van der Waals surface area contributed by atoms with Crippen LogP contribution in [0.15, 0.2) is 70.9 Å². The van der Waals surface area contributed by atoms with E-state index in [1.165, 1.54) is 11.2 Å². The van der Waals surface area contributed by atoms with Crippen LogP contribution in [-0.2, 0) is 22.6 Å². The minimum Gasteiger partial charge on any atom is -0.507 e. The number of hydrogen-bond donors (Lipinski definition) is 1. The number of carbonyl (C=O) groups is 2. The third-order valence-corrected chi connectivity index (χ3v) is 6.48. The van der Waals surface area contributed by atoms with Crippen molar-refractivity contribution in [3.63, 3.8) is 0 Å². The number of aliphatic hydroxyl groups is 1. The lowest BCUT2D eigenvalue weighted by Gasteiger charge is -2.28. The van der Waals surface area contributed by atoms with Crippen LogP contribution in [0.3, 0.4) is 0 Å². The number of aryl methyl sites for hydroxylation is 1. The lowest BCUT2D eigenvalue weighted by atomic mass is 9.94. The van der Waals surface area contributed by atoms with Gasteiger partial charge in [0, 0.05) is 12.6 Å². The third kappa shape index (κ3) is 3.73. The molecule has 2 aliphatic rings. The summed E-state index contributed by atoms with van der Waals surface area (Å²) in [4.78, 5) is 29.9. The van der Waals surface area contributed by atoms with Gasteiger partial charge in [0.15, 0.2) is 0 Å². The second kappa shape index (κ2) is 8.74. The number of anilines is 1. The van der Waals surface area contributed by atoms with Crippen molar-refractivity contribution in [1.29, 1.82) is 0 Å². The third-order valence-electron chi connectivity index (χ3n) is 6.48. The second-order valence-corrected chi connectivity index (χ2v) is 8.55. The fourth-order valence-electron chi connectivity index (χ4n) is 4.55. The van der Waals surface area contributed by atoms with Crippen LogP contribution in [0.25, 0.3) is 5.76 Å². The molecular formula is C27H26N2O5. The molecule has 2 aliphatic heterocycles. The van der Waals surface area contributed by atoms with E-state index >= 15 is 0 Å². The van der Waals surface area contributed by atoms with Gasteiger partial charge in [0.05, 0.1) is 36.7 Å². The van der Waals surface area contributed by atoms with E-state index in [4.69, 9.17) is 9.15 Å². The van der Waals surface area contributed by atoms with Gasteiger partial charge in [-0.25, -0.2) is 0 Å². The summed E-state index contributed by atoms with van der Waals surface area (Å²) in [6, 6.07) is 15.8. The summed E-state index contributed by atoms with van der Waals surface area (Å²) in [5, 5.41) is 11.4. The second-order valence-electron chi connectivity index (χ2n) is 8.55. The van der Waals surface area contributed by atoms with Crippen LogP contribution in [0, 0.1) is 0 Å². The molecule has 0 bridgehead atoms. The molecule has 1 saturated heterocycles. The maximum Gasteiger partial charge on any atom is 0.296 e. The van der Waals surface area contributed by atoms with Gasteiger partial charge in [0.2, 0.25) is 0 Å². The van der Waals surface area contributed by atoms with Gasteiger partial charge in [-0.1, -0.05) is 31.2 Å². The fraction of sp³-hybridized carbons (Fsp3) is 0.259. The molecule has 3 aromatic rings. The summed E-state index contributed by atoms with van der Waals surface area (Å²) in [5.41, 5.74) is 3.25. The van der Waals surface area contributed by atoms with Crippen molar-refractivity contribution in [2.24, 2.45) is 0 Å². The molecule has 7 nitrogen and oxygen atoms in total. The molecule has 5 rings (SSSR count). The summed E-state index contributed by atoms with van der Waals surface area (Å²) in [6.07, 6.45) is 2.40. The Morgan fingerprint density at radius 2 is 1.91 bits per heavy atom. The number of carbonyl (C=O) groups excluding carboxylic acids is 2. The van der Waals surface area contributed by atoms with Crippen LogP contribution in [0.1, 0.15) is 35.4 Å². The number of furan rings is 1. The standard InChI is InChI=1S/C27H26N2O5/c1-3-17-6-8-18(9-7-17)24-23(26(31)27(32)29(24)16-20-5-4-13-33-20)25(30)19-10-11-22-21(15-19)28(2)12-14-34-22/h4-11,13,15,24,30H,3,12,14,16H2,1-2H3/b25-23-. The molecule has 3 heterocycles. The Bertz CT molecular complexity index is 1260. The Labute approximate surface area is 197 Å². The van der Waals surface area contributed by atoms with Gasteiger partial charge in [-0.2, -0.15) is 0 Å². The number of hydrogen-bond acceptors (Lipinski definition) is 6. The van der Waals surface area contributed by atoms with Crippen LogP contribution < -0.4 is 9.64 Å². The average molecular weight is 459 g/mol. The molecule has 1 N–H and O–H groups in total. The molecule has 34 heavy (non-hydrogen) atoms. The topological polar surface area (TPSA) is 83.2 Å². The molecule has 7 heteroatoms. The molecule has 1 fully saturated rings. The van der Waals surface area contributed by atoms with E-state index < -0.39 is 17.7 Å². The summed E-state index contributed by atoms with van der Waals surface area (Å²) in [7, 11) is 1.95. The van der Waals surface area contributed by atoms with Gasteiger partial charge in [0.1, 0.15) is 23.9 Å². The number of rotatable bonds is 5. The minimum atomic E-state index is -0.735. The minimum absolute atomic E-state index is 0.0696. The maximum atomic E-state index is 13.2. The van der Waals surface area contributed by atoms with Crippen molar-refractivity contribution >= 4 is 23.1 Å². The van der Waals surface area contributed by atoms with Gasteiger partial charge in [-0.3, -0.25) is 9.59 Å². The number of fused-ring (bicyclic) bond motifs is 1. The first kappa shape index (κ1) is 21.8. The van der Waals surface area contributed by atoms with Gasteiger partial charge in [-0.15, -0.1) is 0 Å². The monoisotopic (exact) mass is 458 g/mol. The SMILES string of the molecule is CCc1ccc(C2/C(=C(/O)c3ccc4c(c3)N(C)CCO4)C(=O)C(=O)N2Cc2ccco2)cc1. The highest BCUT2D eigenvalue weighted by Crippen LogP contribution is 2.42. The Kier molecular flexibility index (Phi) is 5.61. The van der Waals surface area contributed by atoms with E-state index in [1.54, 1.807) is 30.3 Å². The Hall–Kier alpha value is -4.00. The Morgan fingerprint density at radius 1 is 1.12 bits per heavy atom. The molecule has 0 aliphatic carbocycles. The van der Waals surface area contributed by atoms with Crippen molar-refractivity contribution in [2.45, 2.75) is 25.9 Å². The van der Waals surface area contributed by atoms with Gasteiger partial charge < -0.3 is 24.1 Å². The van der Waals surface area contributed by atoms with Crippen LogP contribution in [0.2, 0.25) is 0 Å². The normalized spacial score (nSPS) is 19.3. The van der Waals surface area contributed by atoms with Crippen molar-refractivity contribution in [3.8, 4) is 5.75 Å². The number of benzene rings is 2. The predicted octanol–water partition coefficient (Wildman–Crippen LogP) is 4.29. The van der Waals surface area contributed by atoms with Crippen LogP contribution in [0.5, 0.6) is 5.75 Å². The number of nitrogens with zero attached hydrogens (tertiary/aromatic N) is 2. The van der Waals surface area contributed by atoms with Crippen LogP contribution in [-0.4, -0.2) is 41.9 Å². The van der Waals surface area contributed by atoms with Gasteiger partial charge in [0.25, 0.3) is 11.7 Å². The quantitative estimate of drug-likeness (QED) is 0.349. The summed E-state index contributed by atoms with van der Waals surface area (Å²) < 4.78 is 11.2. The lowest BCUT2D eigenvalue weighted by molar-refractivity contribution is -0.140. The smallest absolute Gasteiger partial charge is 0.296 e. The van der Waals surface area contributed by atoms with E-state index in [1.807, 2.05) is 36.2 Å². The predicted molar refractivity (Wildman–Crippen MR) is 128 cm³/mol. The first-order chi connectivity index (χ1) is 16.5. The van der Waals surface area contributed by atoms with Crippen molar-refractivity contribution in [2.75, 3.05) is 25.1 Å². The largest absolute Gasteiger partial charge is 0.507 e. The van der Waals surface area contributed by atoms with Crippen molar-refractivity contribution < 1.29 is 23.8 Å². The Morgan fingerprint density at radius 3 is 2.62 bits per heavy atom. The number of likely N-dealkylation sites (tertiary alicyclic amines) is 1. The zero-order chi connectivity index (χ0) is 23.8. The van der Waals surface area contributed by atoms with Crippen LogP contribution >= 0.6 is 0 Å². The molecule has 1 amide bonds. The molecule has 2 aromatic carbocycles. The van der Waals surface area contributed by atoms with E-state index in [2.05, 4.69) is 6.92 Å². The van der Waals surface area contributed by atoms with Crippen molar-refractivity contribution in [3.05, 3.63) is 88.9 Å². The average Bonchev–Trinajstić information content (AvgIpc) is 3.46.